The molecule has 2 aliphatic rings. The lowest BCUT2D eigenvalue weighted by Crippen LogP contribution is -2.50. The van der Waals surface area contributed by atoms with Crippen LogP contribution in [0.1, 0.15) is 6.42 Å². The summed E-state index contributed by atoms with van der Waals surface area (Å²) in [6.45, 7) is 4.88. The van der Waals surface area contributed by atoms with Gasteiger partial charge < -0.3 is 19.3 Å². The molecule has 0 N–H and O–H groups in total. The number of rotatable bonds is 3. The number of nitrogens with zero attached hydrogens (tertiary/aromatic N) is 3. The second-order valence-electron chi connectivity index (χ2n) is 5.33. The fourth-order valence-electron chi connectivity index (χ4n) is 2.70. The lowest BCUT2D eigenvalue weighted by molar-refractivity contribution is -0.141. The van der Waals surface area contributed by atoms with Crippen LogP contribution in [0, 0.1) is 0 Å². The quantitative estimate of drug-likeness (QED) is 0.813. The van der Waals surface area contributed by atoms with Gasteiger partial charge in [-0.25, -0.2) is 4.98 Å². The summed E-state index contributed by atoms with van der Waals surface area (Å²) in [6, 6.07) is 5.90. The van der Waals surface area contributed by atoms with Gasteiger partial charge in [-0.05, 0) is 12.1 Å². The van der Waals surface area contributed by atoms with E-state index < -0.39 is 0 Å². The Hall–Kier alpha value is -1.66. The molecule has 2 saturated heterocycles. The summed E-state index contributed by atoms with van der Waals surface area (Å²) in [5.74, 6) is 1.14. The number of carbonyl (C=O) groups excluding carboxylic acids is 1. The van der Waals surface area contributed by atoms with Crippen molar-refractivity contribution in [3.05, 3.63) is 24.4 Å². The van der Waals surface area contributed by atoms with Crippen molar-refractivity contribution in [1.29, 1.82) is 0 Å². The molecule has 0 bridgehead atoms. The van der Waals surface area contributed by atoms with Gasteiger partial charge in [0.15, 0.2) is 0 Å². The zero-order chi connectivity index (χ0) is 14.5. The average molecular weight is 291 g/mol. The van der Waals surface area contributed by atoms with Crippen molar-refractivity contribution in [1.82, 2.24) is 9.88 Å². The van der Waals surface area contributed by atoms with Gasteiger partial charge in [0.2, 0.25) is 5.91 Å². The number of anilines is 1. The summed E-state index contributed by atoms with van der Waals surface area (Å²) in [7, 11) is 0. The smallest absolute Gasteiger partial charge is 0.225 e. The van der Waals surface area contributed by atoms with Crippen molar-refractivity contribution in [2.75, 3.05) is 50.9 Å². The third kappa shape index (κ3) is 3.71. The fourth-order valence-corrected chi connectivity index (χ4v) is 2.70. The normalized spacial score (nSPS) is 23.1. The van der Waals surface area contributed by atoms with Crippen LogP contribution in [-0.4, -0.2) is 67.9 Å². The maximum Gasteiger partial charge on any atom is 0.225 e. The predicted molar refractivity (Wildman–Crippen MR) is 78.2 cm³/mol. The third-order valence-corrected chi connectivity index (χ3v) is 3.89. The van der Waals surface area contributed by atoms with Crippen LogP contribution < -0.4 is 4.90 Å². The monoisotopic (exact) mass is 291 g/mol. The highest BCUT2D eigenvalue weighted by Crippen LogP contribution is 2.14. The lowest BCUT2D eigenvalue weighted by atomic mass is 10.2. The number of amides is 1. The van der Waals surface area contributed by atoms with Crippen LogP contribution >= 0.6 is 0 Å². The van der Waals surface area contributed by atoms with E-state index in [0.29, 0.717) is 26.2 Å². The largest absolute Gasteiger partial charge is 0.376 e. The summed E-state index contributed by atoms with van der Waals surface area (Å²) in [6.07, 6.45) is 2.14. The standard InChI is InChI=1S/C15H21N3O3/c19-15(11-13-12-20-9-10-21-13)18-7-5-17(6-8-18)14-3-1-2-4-16-14/h1-4,13H,5-12H2. The average Bonchev–Trinajstić information content (AvgIpc) is 2.57. The van der Waals surface area contributed by atoms with Crippen LogP contribution in [0.5, 0.6) is 0 Å². The van der Waals surface area contributed by atoms with Gasteiger partial charge in [0.1, 0.15) is 5.82 Å². The highest BCUT2D eigenvalue weighted by molar-refractivity contribution is 5.77. The lowest BCUT2D eigenvalue weighted by Gasteiger charge is -2.36. The van der Waals surface area contributed by atoms with Crippen molar-refractivity contribution in [3.63, 3.8) is 0 Å². The van der Waals surface area contributed by atoms with Crippen LogP contribution in [-0.2, 0) is 14.3 Å². The molecular weight excluding hydrogens is 270 g/mol. The molecule has 1 atom stereocenters. The first-order chi connectivity index (χ1) is 10.3. The molecule has 1 aromatic heterocycles. The van der Waals surface area contributed by atoms with Crippen LogP contribution in [0.25, 0.3) is 0 Å². The van der Waals surface area contributed by atoms with Gasteiger partial charge >= 0.3 is 0 Å². The number of pyridine rings is 1. The molecule has 6 nitrogen and oxygen atoms in total. The molecule has 3 rings (SSSR count). The molecule has 1 aromatic rings. The molecule has 3 heterocycles. The minimum atomic E-state index is -0.0833. The minimum absolute atomic E-state index is 0.0833. The Bertz CT molecular complexity index is 454. The van der Waals surface area contributed by atoms with E-state index in [4.69, 9.17) is 9.47 Å². The highest BCUT2D eigenvalue weighted by Gasteiger charge is 2.25. The molecule has 0 radical (unpaired) electrons. The van der Waals surface area contributed by atoms with Gasteiger partial charge in [0, 0.05) is 32.4 Å². The number of hydrogen-bond acceptors (Lipinski definition) is 5. The summed E-state index contributed by atoms with van der Waals surface area (Å²) in [5.41, 5.74) is 0. The van der Waals surface area contributed by atoms with Crippen LogP contribution in [0.2, 0.25) is 0 Å². The van der Waals surface area contributed by atoms with Crippen LogP contribution in [0.15, 0.2) is 24.4 Å². The molecule has 0 saturated carbocycles. The van der Waals surface area contributed by atoms with Crippen molar-refractivity contribution < 1.29 is 14.3 Å². The molecule has 0 spiro atoms. The van der Waals surface area contributed by atoms with Gasteiger partial charge in [0.25, 0.3) is 0 Å². The fraction of sp³-hybridized carbons (Fsp3) is 0.600. The Morgan fingerprint density at radius 1 is 1.24 bits per heavy atom. The Labute approximate surface area is 124 Å². The second kappa shape index (κ2) is 6.87. The molecule has 1 unspecified atom stereocenters. The minimum Gasteiger partial charge on any atom is -0.376 e. The number of piperazine rings is 1. The van der Waals surface area contributed by atoms with Gasteiger partial charge in [-0.2, -0.15) is 0 Å². The van der Waals surface area contributed by atoms with E-state index in [9.17, 15) is 4.79 Å². The SMILES string of the molecule is O=C(CC1COCCO1)N1CCN(c2ccccn2)CC1. The van der Waals surface area contributed by atoms with Crippen molar-refractivity contribution >= 4 is 11.7 Å². The molecule has 114 valence electrons. The summed E-state index contributed by atoms with van der Waals surface area (Å²) in [5, 5.41) is 0. The van der Waals surface area contributed by atoms with Gasteiger partial charge in [-0.15, -0.1) is 0 Å². The Balaban J connectivity index is 1.47. The molecule has 21 heavy (non-hydrogen) atoms. The van der Waals surface area contributed by atoms with Gasteiger partial charge in [0.05, 0.1) is 32.3 Å². The number of aromatic nitrogens is 1. The van der Waals surface area contributed by atoms with Crippen molar-refractivity contribution in [2.45, 2.75) is 12.5 Å². The number of hydrogen-bond donors (Lipinski definition) is 0. The summed E-state index contributed by atoms with van der Waals surface area (Å²) < 4.78 is 10.9. The molecule has 0 aliphatic carbocycles. The highest BCUT2D eigenvalue weighted by atomic mass is 16.6. The zero-order valence-corrected chi connectivity index (χ0v) is 12.1. The maximum atomic E-state index is 12.3. The Kier molecular flexibility index (Phi) is 4.67. The van der Waals surface area contributed by atoms with Crippen LogP contribution in [0.3, 0.4) is 0 Å². The number of carbonyl (C=O) groups is 1. The molecule has 6 heteroatoms. The maximum absolute atomic E-state index is 12.3. The topological polar surface area (TPSA) is 54.9 Å². The molecule has 1 amide bonds. The second-order valence-corrected chi connectivity index (χ2v) is 5.33. The molecule has 2 fully saturated rings. The van der Waals surface area contributed by atoms with E-state index in [1.54, 1.807) is 6.20 Å². The zero-order valence-electron chi connectivity index (χ0n) is 12.1. The van der Waals surface area contributed by atoms with E-state index in [1.165, 1.54) is 0 Å². The third-order valence-electron chi connectivity index (χ3n) is 3.89. The van der Waals surface area contributed by atoms with E-state index in [0.717, 1.165) is 32.0 Å². The number of ether oxygens (including phenoxy) is 2. The predicted octanol–water partition coefficient (Wildman–Crippen LogP) is 0.536. The van der Waals surface area contributed by atoms with Gasteiger partial charge in [-0.3, -0.25) is 4.79 Å². The Morgan fingerprint density at radius 3 is 2.76 bits per heavy atom. The van der Waals surface area contributed by atoms with E-state index in [-0.39, 0.29) is 12.0 Å². The van der Waals surface area contributed by atoms with Crippen LogP contribution in [0.4, 0.5) is 5.82 Å². The first kappa shape index (κ1) is 14.3. The first-order valence-corrected chi connectivity index (χ1v) is 7.46. The van der Waals surface area contributed by atoms with E-state index in [1.807, 2.05) is 23.1 Å². The molecular formula is C15H21N3O3. The summed E-state index contributed by atoms with van der Waals surface area (Å²) >= 11 is 0. The molecule has 2 aliphatic heterocycles. The van der Waals surface area contributed by atoms with Gasteiger partial charge in [-0.1, -0.05) is 6.07 Å². The van der Waals surface area contributed by atoms with E-state index in [2.05, 4.69) is 9.88 Å². The molecule has 0 aromatic carbocycles. The van der Waals surface area contributed by atoms with Crippen molar-refractivity contribution in [3.8, 4) is 0 Å². The first-order valence-electron chi connectivity index (χ1n) is 7.46. The van der Waals surface area contributed by atoms with E-state index >= 15 is 0 Å². The Morgan fingerprint density at radius 2 is 2.10 bits per heavy atom. The van der Waals surface area contributed by atoms with Crippen molar-refractivity contribution in [2.24, 2.45) is 0 Å². The summed E-state index contributed by atoms with van der Waals surface area (Å²) in [4.78, 5) is 20.7.